The second-order valence-corrected chi connectivity index (χ2v) is 8.61. The summed E-state index contributed by atoms with van der Waals surface area (Å²) in [7, 11) is -3.81. The zero-order valence-electron chi connectivity index (χ0n) is 15.3. The average molecular weight is 480 g/mol. The van der Waals surface area contributed by atoms with Crippen LogP contribution in [0.2, 0.25) is 10.0 Å². The number of anilines is 1. The standard InChI is InChI=1S/C18H17Cl2F2N3O4S/c19-13-5-4-12(9-14(13)20)30(28,29)24-7-1-2-17(26)23-10-18(27)25-11-3-6-15(21)16(22)8-11/h3-6,8-9,24H,1-2,7,10H2,(H,23,26)(H,25,27). The van der Waals surface area contributed by atoms with E-state index >= 15 is 0 Å². The summed E-state index contributed by atoms with van der Waals surface area (Å²) in [6.45, 7) is -0.399. The van der Waals surface area contributed by atoms with Gasteiger partial charge in [0.05, 0.1) is 21.5 Å². The third-order valence-corrected chi connectivity index (χ3v) is 5.92. The molecule has 7 nitrogen and oxygen atoms in total. The van der Waals surface area contributed by atoms with E-state index in [9.17, 15) is 26.8 Å². The van der Waals surface area contributed by atoms with E-state index in [-0.39, 0.29) is 46.6 Å². The van der Waals surface area contributed by atoms with Gasteiger partial charge in [-0.15, -0.1) is 0 Å². The van der Waals surface area contributed by atoms with Gasteiger partial charge in [0, 0.05) is 24.7 Å². The molecule has 0 spiro atoms. The van der Waals surface area contributed by atoms with Crippen molar-refractivity contribution < 1.29 is 26.8 Å². The summed E-state index contributed by atoms with van der Waals surface area (Å²) >= 11 is 11.6. The van der Waals surface area contributed by atoms with Crippen molar-refractivity contribution >= 4 is 50.7 Å². The van der Waals surface area contributed by atoms with Crippen molar-refractivity contribution in [3.05, 3.63) is 58.1 Å². The first-order valence-corrected chi connectivity index (χ1v) is 10.8. The molecule has 0 aliphatic rings. The van der Waals surface area contributed by atoms with Gasteiger partial charge in [-0.25, -0.2) is 21.9 Å². The van der Waals surface area contributed by atoms with Crippen LogP contribution in [0.15, 0.2) is 41.3 Å². The van der Waals surface area contributed by atoms with Crippen molar-refractivity contribution in [3.63, 3.8) is 0 Å². The van der Waals surface area contributed by atoms with Crippen molar-refractivity contribution in [1.29, 1.82) is 0 Å². The van der Waals surface area contributed by atoms with Crippen LogP contribution in [0, 0.1) is 11.6 Å². The third kappa shape index (κ3) is 7.21. The number of rotatable bonds is 9. The number of nitrogens with one attached hydrogen (secondary N) is 3. The Morgan fingerprint density at radius 3 is 2.33 bits per heavy atom. The minimum Gasteiger partial charge on any atom is -0.347 e. The Labute approximate surface area is 181 Å². The lowest BCUT2D eigenvalue weighted by Crippen LogP contribution is -2.33. The van der Waals surface area contributed by atoms with E-state index in [1.165, 1.54) is 24.3 Å². The first-order valence-electron chi connectivity index (χ1n) is 8.55. The van der Waals surface area contributed by atoms with Crippen molar-refractivity contribution in [3.8, 4) is 0 Å². The summed E-state index contributed by atoms with van der Waals surface area (Å²) in [5.41, 5.74) is 0.0462. The highest BCUT2D eigenvalue weighted by atomic mass is 35.5. The quantitative estimate of drug-likeness (QED) is 0.480. The molecule has 0 saturated heterocycles. The first-order chi connectivity index (χ1) is 14.1. The maximum Gasteiger partial charge on any atom is 0.243 e. The third-order valence-electron chi connectivity index (χ3n) is 3.72. The average Bonchev–Trinajstić information content (AvgIpc) is 2.68. The molecule has 0 atom stereocenters. The molecule has 2 aromatic carbocycles. The van der Waals surface area contributed by atoms with E-state index < -0.39 is 33.5 Å². The van der Waals surface area contributed by atoms with Gasteiger partial charge in [-0.3, -0.25) is 9.59 Å². The van der Waals surface area contributed by atoms with Crippen molar-refractivity contribution in [1.82, 2.24) is 10.0 Å². The molecule has 2 amide bonds. The molecule has 0 unspecified atom stereocenters. The number of carbonyl (C=O) groups is 2. The van der Waals surface area contributed by atoms with Gasteiger partial charge in [0.25, 0.3) is 0 Å². The number of amides is 2. The molecule has 2 aromatic rings. The van der Waals surface area contributed by atoms with Crippen LogP contribution in [0.25, 0.3) is 0 Å². The topological polar surface area (TPSA) is 104 Å². The van der Waals surface area contributed by atoms with Crippen molar-refractivity contribution in [2.45, 2.75) is 17.7 Å². The second-order valence-electron chi connectivity index (χ2n) is 6.03. The molecule has 0 fully saturated rings. The van der Waals surface area contributed by atoms with Gasteiger partial charge in [-0.1, -0.05) is 23.2 Å². The Balaban J connectivity index is 1.71. The highest BCUT2D eigenvalue weighted by Gasteiger charge is 2.15. The minimum atomic E-state index is -3.81. The molecular formula is C18H17Cl2F2N3O4S. The van der Waals surface area contributed by atoms with Crippen LogP contribution in [0.3, 0.4) is 0 Å². The van der Waals surface area contributed by atoms with Gasteiger partial charge in [0.15, 0.2) is 11.6 Å². The number of hydrogen-bond acceptors (Lipinski definition) is 4. The van der Waals surface area contributed by atoms with E-state index in [2.05, 4.69) is 15.4 Å². The van der Waals surface area contributed by atoms with Crippen LogP contribution in [0.1, 0.15) is 12.8 Å². The molecule has 0 aromatic heterocycles. The Bertz CT molecular complexity index is 1050. The Morgan fingerprint density at radius 2 is 1.67 bits per heavy atom. The van der Waals surface area contributed by atoms with Gasteiger partial charge in [0.2, 0.25) is 21.8 Å². The summed E-state index contributed by atoms with van der Waals surface area (Å²) in [5.74, 6) is -3.27. The molecule has 0 heterocycles. The largest absolute Gasteiger partial charge is 0.347 e. The zero-order chi connectivity index (χ0) is 22.3. The minimum absolute atomic E-state index is 0.0168. The number of hydrogen-bond donors (Lipinski definition) is 3. The maximum atomic E-state index is 13.1. The smallest absolute Gasteiger partial charge is 0.243 e. The SMILES string of the molecule is O=C(CCCNS(=O)(=O)c1ccc(Cl)c(Cl)c1)NCC(=O)Nc1ccc(F)c(F)c1. The van der Waals surface area contributed by atoms with E-state index in [1.807, 2.05) is 0 Å². The van der Waals surface area contributed by atoms with Gasteiger partial charge in [-0.2, -0.15) is 0 Å². The number of sulfonamides is 1. The van der Waals surface area contributed by atoms with Gasteiger partial charge < -0.3 is 10.6 Å². The van der Waals surface area contributed by atoms with Crippen molar-refractivity contribution in [2.75, 3.05) is 18.4 Å². The lowest BCUT2D eigenvalue weighted by Gasteiger charge is -2.09. The van der Waals surface area contributed by atoms with Crippen LogP contribution in [0.5, 0.6) is 0 Å². The molecule has 3 N–H and O–H groups in total. The number of benzene rings is 2. The molecule has 162 valence electrons. The maximum absolute atomic E-state index is 13.1. The monoisotopic (exact) mass is 479 g/mol. The highest BCUT2D eigenvalue weighted by molar-refractivity contribution is 7.89. The summed E-state index contributed by atoms with van der Waals surface area (Å²) < 4.78 is 52.6. The van der Waals surface area contributed by atoms with Crippen LogP contribution >= 0.6 is 23.2 Å². The summed E-state index contributed by atoms with van der Waals surface area (Å²) in [5, 5.41) is 4.97. The first kappa shape index (κ1) is 24.0. The van der Waals surface area contributed by atoms with Crippen LogP contribution in [0.4, 0.5) is 14.5 Å². The van der Waals surface area contributed by atoms with E-state index in [4.69, 9.17) is 23.2 Å². The number of halogens is 4. The molecule has 30 heavy (non-hydrogen) atoms. The van der Waals surface area contributed by atoms with Gasteiger partial charge in [0.1, 0.15) is 0 Å². The summed E-state index contributed by atoms with van der Waals surface area (Å²) in [4.78, 5) is 23.4. The fourth-order valence-electron chi connectivity index (χ4n) is 2.23. The van der Waals surface area contributed by atoms with E-state index in [0.29, 0.717) is 0 Å². The van der Waals surface area contributed by atoms with Crippen LogP contribution < -0.4 is 15.4 Å². The molecule has 0 aliphatic carbocycles. The molecule has 0 aliphatic heterocycles. The molecule has 0 radical (unpaired) electrons. The number of carbonyl (C=O) groups excluding carboxylic acids is 2. The van der Waals surface area contributed by atoms with Crippen molar-refractivity contribution in [2.24, 2.45) is 0 Å². The predicted octanol–water partition coefficient (Wildman–Crippen LogP) is 3.09. The molecular weight excluding hydrogens is 463 g/mol. The summed E-state index contributed by atoms with van der Waals surface area (Å²) in [6, 6.07) is 6.73. The molecule has 0 bridgehead atoms. The summed E-state index contributed by atoms with van der Waals surface area (Å²) in [6.07, 6.45) is 0.138. The van der Waals surface area contributed by atoms with E-state index in [0.717, 1.165) is 12.1 Å². The van der Waals surface area contributed by atoms with Crippen LogP contribution in [-0.2, 0) is 19.6 Å². The molecule has 2 rings (SSSR count). The predicted molar refractivity (Wildman–Crippen MR) is 109 cm³/mol. The normalized spacial score (nSPS) is 11.2. The Kier molecular flexibility index (Phi) is 8.54. The van der Waals surface area contributed by atoms with Gasteiger partial charge in [-0.05, 0) is 36.8 Å². The lowest BCUT2D eigenvalue weighted by molar-refractivity contribution is -0.124. The fraction of sp³-hybridized carbons (Fsp3) is 0.222. The fourth-order valence-corrected chi connectivity index (χ4v) is 3.69. The Hall–Kier alpha value is -2.27. The van der Waals surface area contributed by atoms with Gasteiger partial charge >= 0.3 is 0 Å². The van der Waals surface area contributed by atoms with Crippen LogP contribution in [-0.4, -0.2) is 33.3 Å². The second kappa shape index (κ2) is 10.7. The highest BCUT2D eigenvalue weighted by Crippen LogP contribution is 2.24. The lowest BCUT2D eigenvalue weighted by atomic mass is 10.3. The van der Waals surface area contributed by atoms with E-state index in [1.54, 1.807) is 0 Å². The molecule has 0 saturated carbocycles. The zero-order valence-corrected chi connectivity index (χ0v) is 17.7. The Morgan fingerprint density at radius 1 is 0.933 bits per heavy atom. The molecule has 12 heteroatoms.